The van der Waals surface area contributed by atoms with Crippen molar-refractivity contribution in [3.63, 3.8) is 0 Å². The number of likely N-dealkylation sites (N-methyl/N-ethyl adjacent to an activating group) is 1. The van der Waals surface area contributed by atoms with E-state index >= 15 is 0 Å². The lowest BCUT2D eigenvalue weighted by Crippen LogP contribution is -2.51. The third kappa shape index (κ3) is 5.10. The lowest BCUT2D eigenvalue weighted by atomic mass is 9.84. The van der Waals surface area contributed by atoms with Crippen LogP contribution in [-0.2, 0) is 9.59 Å². The zero-order chi connectivity index (χ0) is 21.0. The Morgan fingerprint density at radius 3 is 2.59 bits per heavy atom. The SMILES string of the molecule is CCN(CC(=O)Nc1ccccc1OC)C(C)C(=O)NC(C)C1CC2CCC1C2. The molecule has 0 heterocycles. The summed E-state index contributed by atoms with van der Waals surface area (Å²) in [5.74, 6) is 2.72. The molecule has 2 aliphatic rings. The first-order valence-electron chi connectivity index (χ1n) is 10.9. The van der Waals surface area contributed by atoms with Gasteiger partial charge in [-0.1, -0.05) is 25.5 Å². The van der Waals surface area contributed by atoms with Gasteiger partial charge in [0.2, 0.25) is 11.8 Å². The second-order valence-corrected chi connectivity index (χ2v) is 8.62. The monoisotopic (exact) mass is 401 g/mol. The molecule has 0 spiro atoms. The first-order valence-corrected chi connectivity index (χ1v) is 10.9. The highest BCUT2D eigenvalue weighted by Crippen LogP contribution is 2.49. The number of amides is 2. The van der Waals surface area contributed by atoms with Crippen LogP contribution in [0.25, 0.3) is 0 Å². The highest BCUT2D eigenvalue weighted by atomic mass is 16.5. The van der Waals surface area contributed by atoms with E-state index in [0.29, 0.717) is 23.9 Å². The van der Waals surface area contributed by atoms with Crippen molar-refractivity contribution >= 4 is 17.5 Å². The van der Waals surface area contributed by atoms with E-state index in [2.05, 4.69) is 17.6 Å². The Kier molecular flexibility index (Phi) is 7.17. The van der Waals surface area contributed by atoms with Gasteiger partial charge in [0.1, 0.15) is 5.75 Å². The minimum Gasteiger partial charge on any atom is -0.495 e. The van der Waals surface area contributed by atoms with Gasteiger partial charge in [0, 0.05) is 6.04 Å². The second kappa shape index (κ2) is 9.61. The summed E-state index contributed by atoms with van der Waals surface area (Å²) in [5, 5.41) is 6.12. The number of hydrogen-bond acceptors (Lipinski definition) is 4. The molecule has 0 aliphatic heterocycles. The molecular formula is C23H35N3O3. The van der Waals surface area contributed by atoms with E-state index in [1.54, 1.807) is 19.2 Å². The van der Waals surface area contributed by atoms with E-state index in [4.69, 9.17) is 4.74 Å². The highest BCUT2D eigenvalue weighted by molar-refractivity contribution is 5.94. The van der Waals surface area contributed by atoms with Crippen LogP contribution in [0.1, 0.15) is 46.5 Å². The van der Waals surface area contributed by atoms with Crippen molar-refractivity contribution in [1.29, 1.82) is 0 Å². The standard InChI is InChI=1S/C23H35N3O3/c1-5-26(14-22(27)25-20-8-6-7-9-21(20)29-4)16(3)23(28)24-15(2)19-13-17-10-11-18(19)12-17/h6-9,15-19H,5,10-14H2,1-4H3,(H,24,28)(H,25,27). The number of methoxy groups -OCH3 is 1. The van der Waals surface area contributed by atoms with Crippen LogP contribution >= 0.6 is 0 Å². The van der Waals surface area contributed by atoms with Gasteiger partial charge >= 0.3 is 0 Å². The smallest absolute Gasteiger partial charge is 0.238 e. The predicted octanol–water partition coefficient (Wildman–Crippen LogP) is 3.29. The first-order chi connectivity index (χ1) is 13.9. The molecule has 3 rings (SSSR count). The molecule has 2 fully saturated rings. The normalized spacial score (nSPS) is 24.9. The average Bonchev–Trinajstić information content (AvgIpc) is 3.35. The van der Waals surface area contributed by atoms with E-state index in [0.717, 1.165) is 11.8 Å². The van der Waals surface area contributed by atoms with Gasteiger partial charge < -0.3 is 15.4 Å². The molecular weight excluding hydrogens is 366 g/mol. The molecule has 6 heteroatoms. The fourth-order valence-electron chi connectivity index (χ4n) is 5.17. The zero-order valence-corrected chi connectivity index (χ0v) is 18.1. The molecule has 1 aromatic carbocycles. The van der Waals surface area contributed by atoms with Gasteiger partial charge in [-0.15, -0.1) is 0 Å². The van der Waals surface area contributed by atoms with Gasteiger partial charge in [-0.05, 0) is 69.5 Å². The topological polar surface area (TPSA) is 70.7 Å². The molecule has 2 bridgehead atoms. The number of fused-ring (bicyclic) bond motifs is 2. The third-order valence-corrected chi connectivity index (χ3v) is 6.87. The van der Waals surface area contributed by atoms with E-state index in [-0.39, 0.29) is 30.4 Å². The van der Waals surface area contributed by atoms with Crippen LogP contribution in [0.4, 0.5) is 5.69 Å². The van der Waals surface area contributed by atoms with Crippen molar-refractivity contribution in [3.05, 3.63) is 24.3 Å². The maximum Gasteiger partial charge on any atom is 0.238 e. The largest absolute Gasteiger partial charge is 0.495 e. The number of para-hydroxylation sites is 2. The van der Waals surface area contributed by atoms with Crippen LogP contribution in [0.2, 0.25) is 0 Å². The summed E-state index contributed by atoms with van der Waals surface area (Å²) >= 11 is 0. The Morgan fingerprint density at radius 2 is 1.97 bits per heavy atom. The number of carbonyl (C=O) groups is 2. The van der Waals surface area contributed by atoms with Crippen LogP contribution in [0.3, 0.4) is 0 Å². The third-order valence-electron chi connectivity index (χ3n) is 6.87. The number of nitrogens with one attached hydrogen (secondary N) is 2. The maximum atomic E-state index is 12.9. The number of ether oxygens (including phenoxy) is 1. The van der Waals surface area contributed by atoms with E-state index in [9.17, 15) is 9.59 Å². The van der Waals surface area contributed by atoms with Crippen molar-refractivity contribution in [3.8, 4) is 5.75 Å². The summed E-state index contributed by atoms with van der Waals surface area (Å²) in [6.45, 7) is 6.77. The lowest BCUT2D eigenvalue weighted by molar-refractivity contribution is -0.128. The summed E-state index contributed by atoms with van der Waals surface area (Å²) in [6.07, 6.45) is 5.27. The Hall–Kier alpha value is -2.08. The lowest BCUT2D eigenvalue weighted by Gasteiger charge is -2.32. The molecule has 2 N–H and O–H groups in total. The number of benzene rings is 1. The van der Waals surface area contributed by atoms with Gasteiger partial charge in [0.15, 0.2) is 0 Å². The van der Waals surface area contributed by atoms with Gasteiger partial charge in [-0.3, -0.25) is 14.5 Å². The Labute approximate surface area is 174 Å². The number of carbonyl (C=O) groups excluding carboxylic acids is 2. The first kappa shape index (κ1) is 21.6. The van der Waals surface area contributed by atoms with Crippen molar-refractivity contribution in [2.45, 2.75) is 58.5 Å². The van der Waals surface area contributed by atoms with Crippen molar-refractivity contribution in [2.75, 3.05) is 25.5 Å². The number of hydrogen-bond donors (Lipinski definition) is 2. The average molecular weight is 402 g/mol. The second-order valence-electron chi connectivity index (χ2n) is 8.62. The fourth-order valence-corrected chi connectivity index (χ4v) is 5.17. The minimum atomic E-state index is -0.357. The highest BCUT2D eigenvalue weighted by Gasteiger charge is 2.42. The summed E-state index contributed by atoms with van der Waals surface area (Å²) in [4.78, 5) is 27.3. The Morgan fingerprint density at radius 1 is 1.21 bits per heavy atom. The number of nitrogens with zero attached hydrogens (tertiary/aromatic N) is 1. The van der Waals surface area contributed by atoms with Crippen molar-refractivity contribution in [1.82, 2.24) is 10.2 Å². The molecule has 2 aliphatic carbocycles. The van der Waals surface area contributed by atoms with Gasteiger partial charge in [-0.2, -0.15) is 0 Å². The van der Waals surface area contributed by atoms with Crippen LogP contribution in [-0.4, -0.2) is 49.0 Å². The van der Waals surface area contributed by atoms with E-state index in [1.165, 1.54) is 25.7 Å². The molecule has 2 saturated carbocycles. The maximum absolute atomic E-state index is 12.9. The molecule has 1 aromatic rings. The van der Waals surface area contributed by atoms with E-state index in [1.807, 2.05) is 30.9 Å². The number of anilines is 1. The predicted molar refractivity (Wildman–Crippen MR) is 115 cm³/mol. The molecule has 0 saturated heterocycles. The molecule has 160 valence electrons. The summed E-state index contributed by atoms with van der Waals surface area (Å²) < 4.78 is 5.28. The molecule has 2 amide bonds. The molecule has 5 unspecified atom stereocenters. The minimum absolute atomic E-state index is 0.00668. The molecule has 0 radical (unpaired) electrons. The Bertz CT molecular complexity index is 723. The van der Waals surface area contributed by atoms with Gasteiger partial charge in [0.05, 0.1) is 25.4 Å². The summed E-state index contributed by atoms with van der Waals surface area (Å²) in [6, 6.07) is 7.16. The number of rotatable bonds is 9. The summed E-state index contributed by atoms with van der Waals surface area (Å²) in [7, 11) is 1.58. The van der Waals surface area contributed by atoms with Crippen LogP contribution in [0.15, 0.2) is 24.3 Å². The van der Waals surface area contributed by atoms with Gasteiger partial charge in [0.25, 0.3) is 0 Å². The Balaban J connectivity index is 1.52. The quantitative estimate of drug-likeness (QED) is 0.666. The summed E-state index contributed by atoms with van der Waals surface area (Å²) in [5.41, 5.74) is 0.637. The molecule has 0 aromatic heterocycles. The van der Waals surface area contributed by atoms with Gasteiger partial charge in [-0.25, -0.2) is 0 Å². The molecule has 29 heavy (non-hydrogen) atoms. The molecule has 5 atom stereocenters. The van der Waals surface area contributed by atoms with Crippen LogP contribution in [0.5, 0.6) is 5.75 Å². The molecule has 6 nitrogen and oxygen atoms in total. The van der Waals surface area contributed by atoms with E-state index < -0.39 is 0 Å². The van der Waals surface area contributed by atoms with Crippen molar-refractivity contribution < 1.29 is 14.3 Å². The zero-order valence-electron chi connectivity index (χ0n) is 18.1. The fraction of sp³-hybridized carbons (Fsp3) is 0.652. The van der Waals surface area contributed by atoms with Crippen LogP contribution < -0.4 is 15.4 Å². The van der Waals surface area contributed by atoms with Crippen molar-refractivity contribution in [2.24, 2.45) is 17.8 Å². The van der Waals surface area contributed by atoms with Crippen LogP contribution in [0, 0.1) is 17.8 Å².